The number of hydrogen-bond acceptors (Lipinski definition) is 8. The molecule has 1 saturated heterocycles. The Hall–Kier alpha value is -3.89. The standard InChI is InChI=1S/C24H24ClN9O2/c25-19-11-17(4-5-22(19)36-14-18-3-1-2-8-27-18)30-24-23-16(6-10-34(23)29-15-28-24)12-33-9-7-20(31-32-26)21(35)13-33/h1-6,8,10-11,15,20-21,35H,7,9,12-14H2,(H,28,29,30). The Bertz CT molecular complexity index is 1390. The number of rotatable bonds is 8. The maximum absolute atomic E-state index is 10.3. The Balaban J connectivity index is 1.31. The number of ether oxygens (including phenoxy) is 1. The van der Waals surface area contributed by atoms with E-state index in [9.17, 15) is 5.11 Å². The molecule has 2 N–H and O–H groups in total. The number of fused-ring (bicyclic) bond motifs is 1. The lowest BCUT2D eigenvalue weighted by Gasteiger charge is -2.33. The molecule has 0 radical (unpaired) electrons. The van der Waals surface area contributed by atoms with Crippen LogP contribution in [0.15, 0.2) is 66.3 Å². The number of anilines is 2. The summed E-state index contributed by atoms with van der Waals surface area (Å²) in [7, 11) is 0. The molecule has 12 heteroatoms. The van der Waals surface area contributed by atoms with Crippen LogP contribution >= 0.6 is 11.6 Å². The molecule has 184 valence electrons. The number of aliphatic hydroxyl groups excluding tert-OH is 1. The second-order valence-electron chi connectivity index (χ2n) is 8.49. The Morgan fingerprint density at radius 2 is 2.17 bits per heavy atom. The fraction of sp³-hybridized carbons (Fsp3) is 0.292. The van der Waals surface area contributed by atoms with Gasteiger partial charge >= 0.3 is 0 Å². The SMILES string of the molecule is [N-]=[N+]=NC1CCN(Cc2ccn3ncnc(Nc4ccc(OCc5ccccn5)c(Cl)c4)c23)CC1O. The summed E-state index contributed by atoms with van der Waals surface area (Å²) >= 11 is 6.48. The van der Waals surface area contributed by atoms with Crippen molar-refractivity contribution in [3.63, 3.8) is 0 Å². The van der Waals surface area contributed by atoms with Gasteiger partial charge < -0.3 is 15.2 Å². The molecular formula is C24H24ClN9O2. The average molecular weight is 506 g/mol. The van der Waals surface area contributed by atoms with Gasteiger partial charge in [0.2, 0.25) is 0 Å². The van der Waals surface area contributed by atoms with Crippen molar-refractivity contribution < 1.29 is 9.84 Å². The number of nitrogens with one attached hydrogen (secondary N) is 1. The van der Waals surface area contributed by atoms with Gasteiger partial charge in [-0.05, 0) is 60.5 Å². The quantitative estimate of drug-likeness (QED) is 0.206. The van der Waals surface area contributed by atoms with Gasteiger partial charge in [-0.3, -0.25) is 9.88 Å². The van der Waals surface area contributed by atoms with Crippen molar-refractivity contribution in [1.29, 1.82) is 0 Å². The number of piperidine rings is 1. The van der Waals surface area contributed by atoms with Crippen LogP contribution in [0.25, 0.3) is 16.0 Å². The van der Waals surface area contributed by atoms with Crippen LogP contribution in [0.1, 0.15) is 17.7 Å². The van der Waals surface area contributed by atoms with Crippen molar-refractivity contribution in [2.24, 2.45) is 5.11 Å². The summed E-state index contributed by atoms with van der Waals surface area (Å²) in [6, 6.07) is 12.7. The van der Waals surface area contributed by atoms with Gasteiger partial charge in [0, 0.05) is 36.1 Å². The molecule has 0 bridgehead atoms. The lowest BCUT2D eigenvalue weighted by Crippen LogP contribution is -2.45. The number of benzene rings is 1. The van der Waals surface area contributed by atoms with E-state index in [0.717, 1.165) is 22.5 Å². The highest BCUT2D eigenvalue weighted by molar-refractivity contribution is 6.32. The van der Waals surface area contributed by atoms with Crippen molar-refractivity contribution in [3.8, 4) is 5.75 Å². The topological polar surface area (TPSA) is 137 Å². The minimum absolute atomic E-state index is 0.322. The molecular weight excluding hydrogens is 482 g/mol. The first kappa shape index (κ1) is 23.8. The molecule has 11 nitrogen and oxygen atoms in total. The van der Waals surface area contributed by atoms with Gasteiger partial charge in [-0.1, -0.05) is 22.8 Å². The number of likely N-dealkylation sites (tertiary alicyclic amines) is 1. The van der Waals surface area contributed by atoms with Crippen LogP contribution < -0.4 is 10.1 Å². The van der Waals surface area contributed by atoms with Crippen molar-refractivity contribution >= 4 is 28.6 Å². The van der Waals surface area contributed by atoms with Crippen LogP contribution in [-0.4, -0.2) is 54.8 Å². The molecule has 1 fully saturated rings. The van der Waals surface area contributed by atoms with Gasteiger partial charge in [0.1, 0.15) is 24.2 Å². The van der Waals surface area contributed by atoms with E-state index < -0.39 is 12.1 Å². The molecule has 0 aliphatic carbocycles. The average Bonchev–Trinajstić information content (AvgIpc) is 3.29. The van der Waals surface area contributed by atoms with Crippen LogP contribution in [0.3, 0.4) is 0 Å². The smallest absolute Gasteiger partial charge is 0.158 e. The maximum atomic E-state index is 10.3. The number of β-amino-alcohol motifs (C(OH)–C–C–N with tert-alkyl or cyclic N) is 1. The highest BCUT2D eigenvalue weighted by Gasteiger charge is 2.27. The Labute approximate surface area is 211 Å². The van der Waals surface area contributed by atoms with Crippen LogP contribution in [0, 0.1) is 0 Å². The fourth-order valence-electron chi connectivity index (χ4n) is 4.28. The molecule has 1 aliphatic rings. The highest BCUT2D eigenvalue weighted by Crippen LogP contribution is 2.31. The van der Waals surface area contributed by atoms with Crippen molar-refractivity contribution in [2.45, 2.75) is 31.7 Å². The number of halogens is 1. The predicted molar refractivity (Wildman–Crippen MR) is 135 cm³/mol. The van der Waals surface area contributed by atoms with Gasteiger partial charge in [0.15, 0.2) is 5.82 Å². The lowest BCUT2D eigenvalue weighted by molar-refractivity contribution is 0.0503. The summed E-state index contributed by atoms with van der Waals surface area (Å²) in [6.45, 7) is 2.05. The number of pyridine rings is 1. The molecule has 2 atom stereocenters. The minimum atomic E-state index is -0.696. The van der Waals surface area contributed by atoms with E-state index in [2.05, 4.69) is 35.3 Å². The number of nitrogens with zero attached hydrogens (tertiary/aromatic N) is 8. The van der Waals surface area contributed by atoms with E-state index in [0.29, 0.717) is 49.3 Å². The van der Waals surface area contributed by atoms with Gasteiger partial charge in [0.25, 0.3) is 0 Å². The first-order chi connectivity index (χ1) is 17.6. The van der Waals surface area contributed by atoms with Crippen molar-refractivity contribution in [2.75, 3.05) is 18.4 Å². The van der Waals surface area contributed by atoms with Crippen LogP contribution in [0.2, 0.25) is 5.02 Å². The van der Waals surface area contributed by atoms with Gasteiger partial charge in [0.05, 0.1) is 22.9 Å². The molecule has 1 aliphatic heterocycles. The molecule has 4 heterocycles. The maximum Gasteiger partial charge on any atom is 0.158 e. The van der Waals surface area contributed by atoms with E-state index in [-0.39, 0.29) is 0 Å². The third kappa shape index (κ3) is 5.34. The zero-order chi connectivity index (χ0) is 24.9. The third-order valence-corrected chi connectivity index (χ3v) is 6.35. The third-order valence-electron chi connectivity index (χ3n) is 6.06. The van der Waals surface area contributed by atoms with Crippen LogP contribution in [0.5, 0.6) is 5.75 Å². The van der Waals surface area contributed by atoms with E-state index in [1.807, 2.05) is 36.5 Å². The Morgan fingerprint density at radius 3 is 2.94 bits per heavy atom. The second kappa shape index (κ2) is 10.8. The number of hydrogen-bond donors (Lipinski definition) is 2. The molecule has 2 unspecified atom stereocenters. The Morgan fingerprint density at radius 1 is 1.25 bits per heavy atom. The fourth-order valence-corrected chi connectivity index (χ4v) is 4.51. The molecule has 5 rings (SSSR count). The molecule has 0 amide bonds. The lowest BCUT2D eigenvalue weighted by atomic mass is 10.0. The zero-order valence-electron chi connectivity index (χ0n) is 19.3. The van der Waals surface area contributed by atoms with Crippen molar-refractivity contribution in [1.82, 2.24) is 24.5 Å². The van der Waals surface area contributed by atoms with Gasteiger partial charge in [-0.15, -0.1) is 0 Å². The second-order valence-corrected chi connectivity index (χ2v) is 8.89. The summed E-state index contributed by atoms with van der Waals surface area (Å²) in [5, 5.41) is 22.2. The van der Waals surface area contributed by atoms with Crippen LogP contribution in [-0.2, 0) is 13.2 Å². The zero-order valence-corrected chi connectivity index (χ0v) is 20.0. The van der Waals surface area contributed by atoms with E-state index >= 15 is 0 Å². The summed E-state index contributed by atoms with van der Waals surface area (Å²) in [5.41, 5.74) is 12.1. The summed E-state index contributed by atoms with van der Waals surface area (Å²) in [4.78, 5) is 13.7. The molecule has 0 spiro atoms. The largest absolute Gasteiger partial charge is 0.486 e. The monoisotopic (exact) mass is 505 g/mol. The Kier molecular flexibility index (Phi) is 7.15. The van der Waals surface area contributed by atoms with E-state index in [4.69, 9.17) is 21.9 Å². The van der Waals surface area contributed by atoms with E-state index in [1.165, 1.54) is 6.33 Å². The molecule has 4 aromatic rings. The summed E-state index contributed by atoms with van der Waals surface area (Å²) < 4.78 is 7.58. The van der Waals surface area contributed by atoms with E-state index in [1.54, 1.807) is 22.8 Å². The molecule has 1 aromatic carbocycles. The minimum Gasteiger partial charge on any atom is -0.486 e. The summed E-state index contributed by atoms with van der Waals surface area (Å²) in [6.07, 6.45) is 4.99. The van der Waals surface area contributed by atoms with Gasteiger partial charge in [-0.2, -0.15) is 5.10 Å². The van der Waals surface area contributed by atoms with Gasteiger partial charge in [-0.25, -0.2) is 9.50 Å². The molecule has 3 aromatic heterocycles. The highest BCUT2D eigenvalue weighted by atomic mass is 35.5. The molecule has 0 saturated carbocycles. The first-order valence-electron chi connectivity index (χ1n) is 11.5. The predicted octanol–water partition coefficient (Wildman–Crippen LogP) is 4.35. The first-order valence-corrected chi connectivity index (χ1v) is 11.8. The van der Waals surface area contributed by atoms with Crippen molar-refractivity contribution in [3.05, 3.63) is 87.9 Å². The summed E-state index contributed by atoms with van der Waals surface area (Å²) in [5.74, 6) is 1.19. The normalized spacial score (nSPS) is 18.1. The number of aromatic nitrogens is 4. The number of aliphatic hydroxyl groups is 1. The molecule has 36 heavy (non-hydrogen) atoms. The van der Waals surface area contributed by atoms with Crippen LogP contribution in [0.4, 0.5) is 11.5 Å². The number of azide groups is 1.